The molecular formula is C33H64NNa2O9P. The number of aliphatic hydroxyl groups excluding tert-OH is 1. The fourth-order valence-corrected chi connectivity index (χ4v) is 3.29. The van der Waals surface area contributed by atoms with E-state index in [-0.39, 0.29) is 96.6 Å². The third kappa shape index (κ3) is 46.3. The Morgan fingerprint density at radius 3 is 1.70 bits per heavy atom. The number of hydrogen-bond acceptors (Lipinski definition) is 9. The molecule has 2 N–H and O–H groups in total. The van der Waals surface area contributed by atoms with Gasteiger partial charge in [-0.05, 0) is 41.9 Å². The Kier molecular flexibility index (Phi) is 43.1. The number of hydrogen-bond donors (Lipinski definition) is 2. The van der Waals surface area contributed by atoms with Gasteiger partial charge in [-0.1, -0.05) is 64.7 Å². The fraction of sp³-hybridized carbons (Fsp3) is 0.515. The van der Waals surface area contributed by atoms with E-state index in [2.05, 4.69) is 98.6 Å². The van der Waals surface area contributed by atoms with Crippen molar-refractivity contribution in [2.75, 3.05) is 20.0 Å². The van der Waals surface area contributed by atoms with Crippen LogP contribution in [0.4, 0.5) is 0 Å². The molecule has 1 atom stereocenters. The zero-order valence-electron chi connectivity index (χ0n) is 27.2. The second-order valence-corrected chi connectivity index (χ2v) is 9.76. The summed E-state index contributed by atoms with van der Waals surface area (Å²) < 4.78 is 24.3. The summed E-state index contributed by atoms with van der Waals surface area (Å²) in [7, 11) is -5.15. The summed E-state index contributed by atoms with van der Waals surface area (Å²) in [6.07, 6.45) is 15.5. The van der Waals surface area contributed by atoms with Crippen molar-refractivity contribution in [1.82, 2.24) is 5.32 Å². The number of esters is 1. The smallest absolute Gasteiger partial charge is 0.790 e. The van der Waals surface area contributed by atoms with Crippen LogP contribution in [0.25, 0.3) is 0 Å². The topological polar surface area (TPSA) is 157 Å². The van der Waals surface area contributed by atoms with Gasteiger partial charge in [-0.15, -0.1) is 6.42 Å². The van der Waals surface area contributed by atoms with E-state index in [1.54, 1.807) is 0 Å². The molecule has 0 aromatic rings. The molecule has 0 saturated carbocycles. The molecule has 46 heavy (non-hydrogen) atoms. The maximum Gasteiger partial charge on any atom is 1.00 e. The van der Waals surface area contributed by atoms with E-state index in [0.29, 0.717) is 6.42 Å². The number of terminal acetylenes is 1. The summed E-state index contributed by atoms with van der Waals surface area (Å²) in [5, 5.41) is 10.9. The van der Waals surface area contributed by atoms with Crippen LogP contribution in [0.1, 0.15) is 103 Å². The molecule has 0 aliphatic rings. The number of aliphatic hydroxyl groups is 1. The molecule has 0 fully saturated rings. The molecule has 0 aliphatic carbocycles. The first-order chi connectivity index (χ1) is 21.2. The molecule has 0 aromatic heterocycles. The molecule has 0 aromatic carbocycles. The summed E-state index contributed by atoms with van der Waals surface area (Å²) in [6, 6.07) is 2.33. The maximum absolute atomic E-state index is 11.8. The number of ether oxygens (including phenoxy) is 2. The van der Waals surface area contributed by atoms with Gasteiger partial charge in [0.2, 0.25) is 5.91 Å². The van der Waals surface area contributed by atoms with Gasteiger partial charge >= 0.3 is 65.1 Å². The second-order valence-electron chi connectivity index (χ2n) is 8.61. The Balaban J connectivity index is -0.0000000328. The summed E-state index contributed by atoms with van der Waals surface area (Å²) in [5.41, 5.74) is 0. The van der Waals surface area contributed by atoms with Gasteiger partial charge < -0.3 is 33.5 Å². The van der Waals surface area contributed by atoms with Crippen LogP contribution >= 0.6 is 7.82 Å². The quantitative estimate of drug-likeness (QED) is 0.0348. The monoisotopic (exact) mass is 695 g/mol. The third-order valence-electron chi connectivity index (χ3n) is 4.84. The van der Waals surface area contributed by atoms with Crippen molar-refractivity contribution >= 4 is 19.7 Å². The van der Waals surface area contributed by atoms with E-state index in [4.69, 9.17) is 16.3 Å². The van der Waals surface area contributed by atoms with Crippen LogP contribution in [0.3, 0.4) is 0 Å². The van der Waals surface area contributed by atoms with Gasteiger partial charge in [0.15, 0.2) is 0 Å². The molecule has 10 nitrogen and oxygen atoms in total. The molecule has 0 spiro atoms. The normalized spacial score (nSPS) is 9.13. The van der Waals surface area contributed by atoms with Crippen molar-refractivity contribution in [1.29, 1.82) is 0 Å². The van der Waals surface area contributed by atoms with Crippen LogP contribution in [0.2, 0.25) is 0 Å². The number of nitrogens with one attached hydrogen (secondary N) is 1. The minimum atomic E-state index is -5.15. The number of carbonyl (C=O) groups is 2. The molecule has 0 unspecified atom stereocenters. The fourth-order valence-electron chi connectivity index (χ4n) is 2.94. The molecule has 0 aliphatic heterocycles. The molecule has 1 amide bonds. The molecule has 0 heterocycles. The number of phosphoric ester groups is 1. The van der Waals surface area contributed by atoms with Crippen LogP contribution in [0.5, 0.6) is 0 Å². The van der Waals surface area contributed by atoms with Gasteiger partial charge in [0.05, 0.1) is 21.0 Å². The first-order valence-electron chi connectivity index (χ1n) is 13.9. The van der Waals surface area contributed by atoms with Crippen LogP contribution < -0.4 is 74.2 Å². The van der Waals surface area contributed by atoms with Crippen molar-refractivity contribution < 1.29 is 121 Å². The number of carbonyl (C=O) groups excluding carboxylic acids is 2. The standard InChI is InChI=1S/C17H35O8P.C16H5NO.2Na.13H2/c1-2-3-4-5-6-7-8-9-10-11-12-17(19)25-16(13-23-15-18)14-24-26(20,21)22;1-3-4-5-6-7-8-9-10-11-12-13-14-15-17-16(2)18;;;;;;;;;;;;;;;/h16,18H,2-15H2,1H3,(H2,20,21,22);1H,2H3,(H,17,18);;;13*1H/q;;2*+1;;;;;;;;;;;;;/p-2/t16-;;;;;;;;;;;;;;;;/m0................/s1. The van der Waals surface area contributed by atoms with Gasteiger partial charge in [-0.3, -0.25) is 14.9 Å². The Morgan fingerprint density at radius 2 is 1.26 bits per heavy atom. The Bertz CT molecular complexity index is 1360. The SMILES string of the molecule is C#CC#CC#CC#CC#CC#CC#CNC(C)=O.CCCCCCCCCCCCC(=O)O[C@@H](COCO)COP(=O)([O-])[O-].[HH].[HH].[HH].[HH].[HH].[HH].[HH].[HH].[HH].[HH].[HH].[HH].[HH].[Na+].[Na+]. The van der Waals surface area contributed by atoms with E-state index in [9.17, 15) is 23.9 Å². The average molecular weight is 696 g/mol. The van der Waals surface area contributed by atoms with Gasteiger partial charge in [-0.2, -0.15) is 0 Å². The van der Waals surface area contributed by atoms with Crippen molar-refractivity contribution in [3.63, 3.8) is 0 Å². The van der Waals surface area contributed by atoms with Crippen molar-refractivity contribution in [2.24, 2.45) is 0 Å². The molecule has 0 radical (unpaired) electrons. The molecule has 13 heteroatoms. The van der Waals surface area contributed by atoms with E-state index in [1.165, 1.54) is 45.4 Å². The van der Waals surface area contributed by atoms with Gasteiger partial charge in [0, 0.05) is 73.5 Å². The summed E-state index contributed by atoms with van der Waals surface area (Å²) in [6.45, 7) is 2.08. The molecule has 0 saturated heterocycles. The van der Waals surface area contributed by atoms with Crippen LogP contribution in [-0.4, -0.2) is 43.1 Å². The molecule has 262 valence electrons. The van der Waals surface area contributed by atoms with Crippen LogP contribution in [0.15, 0.2) is 0 Å². The summed E-state index contributed by atoms with van der Waals surface area (Å²) >= 11 is 0. The van der Waals surface area contributed by atoms with E-state index < -0.39 is 33.3 Å². The van der Waals surface area contributed by atoms with Gasteiger partial charge in [-0.25, -0.2) is 0 Å². The average Bonchev–Trinajstić information content (AvgIpc) is 2.97. The summed E-state index contributed by atoms with van der Waals surface area (Å²) in [4.78, 5) is 43.1. The van der Waals surface area contributed by atoms with E-state index in [0.717, 1.165) is 19.3 Å². The maximum atomic E-state index is 11.8. The molecule has 0 rings (SSSR count). The van der Waals surface area contributed by atoms with Crippen molar-refractivity contribution in [2.45, 2.75) is 90.6 Å². The van der Waals surface area contributed by atoms with E-state index in [1.807, 2.05) is 0 Å². The van der Waals surface area contributed by atoms with Crippen molar-refractivity contribution in [3.8, 4) is 83.5 Å². The van der Waals surface area contributed by atoms with Gasteiger partial charge in [0.25, 0.3) is 0 Å². The molecular weight excluding hydrogens is 631 g/mol. The number of unbranched alkanes of at least 4 members (excludes halogenated alkanes) is 9. The largest absolute Gasteiger partial charge is 1.00 e. The number of rotatable bonds is 18. The van der Waals surface area contributed by atoms with Crippen LogP contribution in [0, 0.1) is 83.5 Å². The first-order valence-corrected chi connectivity index (χ1v) is 15.4. The zero-order valence-corrected chi connectivity index (χ0v) is 32.1. The van der Waals surface area contributed by atoms with Gasteiger partial charge in [0.1, 0.15) is 12.9 Å². The second kappa shape index (κ2) is 39.1. The molecule has 0 bridgehead atoms. The third-order valence-corrected chi connectivity index (χ3v) is 5.31. The minimum absolute atomic E-state index is 0. The zero-order chi connectivity index (χ0) is 33.2. The predicted molar refractivity (Wildman–Crippen MR) is 190 cm³/mol. The van der Waals surface area contributed by atoms with Crippen molar-refractivity contribution in [3.05, 3.63) is 0 Å². The predicted octanol–water partition coefficient (Wildman–Crippen LogP) is -1.04. The Morgan fingerprint density at radius 1 is 0.804 bits per heavy atom. The Labute approximate surface area is 338 Å². The van der Waals surface area contributed by atoms with E-state index >= 15 is 0 Å². The Hall–Kier alpha value is -2.11. The number of phosphoric acid groups is 1. The first kappa shape index (κ1) is 50.7. The van der Waals surface area contributed by atoms with Crippen LogP contribution in [-0.2, 0) is 28.2 Å². The summed E-state index contributed by atoms with van der Waals surface area (Å²) in [5.74, 6) is 27.9. The number of amides is 1. The minimum Gasteiger partial charge on any atom is -0.790 e.